The number of unbranched alkanes of at least 4 members (excludes halogenated alkanes) is 1. The second-order valence-corrected chi connectivity index (χ2v) is 4.81. The molecule has 0 amide bonds. The van der Waals surface area contributed by atoms with Crippen LogP contribution < -0.4 is 10.6 Å². The molecule has 0 fully saturated rings. The molecule has 1 rings (SSSR count). The van der Waals surface area contributed by atoms with Crippen LogP contribution in [0.5, 0.6) is 0 Å². The lowest BCUT2D eigenvalue weighted by molar-refractivity contribution is -0.140. The molecular formula is C16H26IN3O2. The number of guanidine groups is 1. The summed E-state index contributed by atoms with van der Waals surface area (Å²) in [5, 5.41) is 6.52. The number of nitrogens with one attached hydrogen (secondary N) is 2. The fraction of sp³-hybridized carbons (Fsp3) is 0.500. The highest BCUT2D eigenvalue weighted by Gasteiger charge is 2.02. The molecule has 0 heterocycles. The SMILES string of the molecule is CN=C(NCCCCC(=O)OC)NCc1ccccc1C.I. The molecule has 0 atom stereocenters. The van der Waals surface area contributed by atoms with Crippen molar-refractivity contribution in [2.75, 3.05) is 20.7 Å². The number of rotatable bonds is 7. The van der Waals surface area contributed by atoms with Crippen LogP contribution in [0.15, 0.2) is 29.3 Å². The summed E-state index contributed by atoms with van der Waals surface area (Å²) < 4.78 is 4.60. The van der Waals surface area contributed by atoms with E-state index in [9.17, 15) is 4.79 Å². The number of benzene rings is 1. The summed E-state index contributed by atoms with van der Waals surface area (Å²) in [6.45, 7) is 3.62. The van der Waals surface area contributed by atoms with Gasteiger partial charge in [0.15, 0.2) is 5.96 Å². The van der Waals surface area contributed by atoms with E-state index in [1.54, 1.807) is 7.05 Å². The first kappa shape index (κ1) is 20.7. The molecular weight excluding hydrogens is 393 g/mol. The van der Waals surface area contributed by atoms with Gasteiger partial charge in [-0.2, -0.15) is 0 Å². The summed E-state index contributed by atoms with van der Waals surface area (Å²) in [5.41, 5.74) is 2.52. The Labute approximate surface area is 149 Å². The van der Waals surface area contributed by atoms with Crippen molar-refractivity contribution in [1.29, 1.82) is 0 Å². The van der Waals surface area contributed by atoms with E-state index >= 15 is 0 Å². The maximum Gasteiger partial charge on any atom is 0.305 e. The lowest BCUT2D eigenvalue weighted by Gasteiger charge is -2.13. The van der Waals surface area contributed by atoms with Crippen LogP contribution in [0.25, 0.3) is 0 Å². The first-order chi connectivity index (χ1) is 10.2. The van der Waals surface area contributed by atoms with Crippen LogP contribution in [-0.4, -0.2) is 32.6 Å². The van der Waals surface area contributed by atoms with Crippen LogP contribution >= 0.6 is 24.0 Å². The van der Waals surface area contributed by atoms with Crippen LogP contribution in [0, 0.1) is 6.92 Å². The average Bonchev–Trinajstić information content (AvgIpc) is 2.51. The molecule has 0 aliphatic carbocycles. The number of nitrogens with zero attached hydrogens (tertiary/aromatic N) is 1. The van der Waals surface area contributed by atoms with Gasteiger partial charge in [-0.05, 0) is 30.9 Å². The van der Waals surface area contributed by atoms with Gasteiger partial charge in [-0.25, -0.2) is 0 Å². The van der Waals surface area contributed by atoms with E-state index in [1.165, 1.54) is 18.2 Å². The van der Waals surface area contributed by atoms with E-state index in [0.717, 1.165) is 31.9 Å². The highest BCUT2D eigenvalue weighted by molar-refractivity contribution is 14.0. The van der Waals surface area contributed by atoms with Crippen LogP contribution in [0.2, 0.25) is 0 Å². The van der Waals surface area contributed by atoms with E-state index in [0.29, 0.717) is 6.42 Å². The first-order valence-electron chi connectivity index (χ1n) is 7.23. The quantitative estimate of drug-likeness (QED) is 0.235. The van der Waals surface area contributed by atoms with Crippen LogP contribution in [0.4, 0.5) is 0 Å². The Morgan fingerprint density at radius 3 is 2.59 bits per heavy atom. The predicted octanol–water partition coefficient (Wildman–Crippen LogP) is 2.62. The van der Waals surface area contributed by atoms with Gasteiger partial charge in [0, 0.05) is 26.6 Å². The third kappa shape index (κ3) is 8.21. The zero-order valence-electron chi connectivity index (χ0n) is 13.5. The topological polar surface area (TPSA) is 62.7 Å². The van der Waals surface area contributed by atoms with Crippen molar-refractivity contribution < 1.29 is 9.53 Å². The molecule has 1 aromatic rings. The van der Waals surface area contributed by atoms with Crippen molar-refractivity contribution in [3.63, 3.8) is 0 Å². The third-order valence-corrected chi connectivity index (χ3v) is 3.26. The van der Waals surface area contributed by atoms with Crippen LogP contribution in [-0.2, 0) is 16.1 Å². The van der Waals surface area contributed by atoms with Gasteiger partial charge in [-0.1, -0.05) is 24.3 Å². The van der Waals surface area contributed by atoms with Gasteiger partial charge in [0.1, 0.15) is 0 Å². The molecule has 0 aromatic heterocycles. The lowest BCUT2D eigenvalue weighted by atomic mass is 10.1. The maximum atomic E-state index is 11.0. The molecule has 22 heavy (non-hydrogen) atoms. The van der Waals surface area contributed by atoms with Crippen molar-refractivity contribution in [3.05, 3.63) is 35.4 Å². The molecule has 0 bridgehead atoms. The fourth-order valence-corrected chi connectivity index (χ4v) is 1.91. The number of hydrogen-bond donors (Lipinski definition) is 2. The maximum absolute atomic E-state index is 11.0. The van der Waals surface area contributed by atoms with Gasteiger partial charge in [-0.15, -0.1) is 24.0 Å². The molecule has 0 radical (unpaired) electrons. The number of hydrogen-bond acceptors (Lipinski definition) is 3. The van der Waals surface area contributed by atoms with Gasteiger partial charge in [0.2, 0.25) is 0 Å². The number of esters is 1. The smallest absolute Gasteiger partial charge is 0.305 e. The van der Waals surface area contributed by atoms with Crippen molar-refractivity contribution in [2.45, 2.75) is 32.7 Å². The normalized spacial score (nSPS) is 10.6. The molecule has 2 N–H and O–H groups in total. The summed E-state index contributed by atoms with van der Waals surface area (Å²) >= 11 is 0. The molecule has 0 aliphatic heterocycles. The molecule has 0 spiro atoms. The Kier molecular flexibility index (Phi) is 11.5. The van der Waals surface area contributed by atoms with Crippen LogP contribution in [0.1, 0.15) is 30.4 Å². The van der Waals surface area contributed by atoms with Crippen molar-refractivity contribution >= 4 is 35.9 Å². The van der Waals surface area contributed by atoms with E-state index in [-0.39, 0.29) is 29.9 Å². The zero-order valence-corrected chi connectivity index (χ0v) is 15.8. The number of methoxy groups -OCH3 is 1. The van der Waals surface area contributed by atoms with E-state index in [1.807, 2.05) is 12.1 Å². The van der Waals surface area contributed by atoms with Gasteiger partial charge in [0.25, 0.3) is 0 Å². The van der Waals surface area contributed by atoms with E-state index < -0.39 is 0 Å². The number of aliphatic imine (C=N–C) groups is 1. The summed E-state index contributed by atoms with van der Waals surface area (Å²) in [5.74, 6) is 0.619. The Balaban J connectivity index is 0.00000441. The van der Waals surface area contributed by atoms with Gasteiger partial charge >= 0.3 is 5.97 Å². The minimum Gasteiger partial charge on any atom is -0.469 e. The van der Waals surface area contributed by atoms with Crippen molar-refractivity contribution in [3.8, 4) is 0 Å². The number of aryl methyl sites for hydroxylation is 1. The first-order valence-corrected chi connectivity index (χ1v) is 7.23. The summed E-state index contributed by atoms with van der Waals surface area (Å²) in [7, 11) is 3.17. The lowest BCUT2D eigenvalue weighted by Crippen LogP contribution is -2.37. The number of halogens is 1. The molecule has 124 valence electrons. The van der Waals surface area contributed by atoms with Gasteiger partial charge in [0.05, 0.1) is 7.11 Å². The Morgan fingerprint density at radius 2 is 1.95 bits per heavy atom. The molecule has 5 nitrogen and oxygen atoms in total. The standard InChI is InChI=1S/C16H25N3O2.HI/c1-13-8-4-5-9-14(13)12-19-16(17-2)18-11-7-6-10-15(20)21-3;/h4-5,8-9H,6-7,10-12H2,1-3H3,(H2,17,18,19);1H. The molecule has 6 heteroatoms. The van der Waals surface area contributed by atoms with Gasteiger partial charge < -0.3 is 15.4 Å². The highest BCUT2D eigenvalue weighted by atomic mass is 127. The number of carbonyl (C=O) groups is 1. The molecule has 0 saturated heterocycles. The Morgan fingerprint density at radius 1 is 1.23 bits per heavy atom. The molecule has 0 saturated carbocycles. The van der Waals surface area contributed by atoms with Gasteiger partial charge in [-0.3, -0.25) is 9.79 Å². The summed E-state index contributed by atoms with van der Waals surface area (Å²) in [6, 6.07) is 8.27. The fourth-order valence-electron chi connectivity index (χ4n) is 1.91. The highest BCUT2D eigenvalue weighted by Crippen LogP contribution is 2.05. The van der Waals surface area contributed by atoms with E-state index in [2.05, 4.69) is 39.4 Å². The number of carbonyl (C=O) groups excluding carboxylic acids is 1. The minimum absolute atomic E-state index is 0. The average molecular weight is 419 g/mol. The Bertz CT molecular complexity index is 478. The monoisotopic (exact) mass is 419 g/mol. The summed E-state index contributed by atoms with van der Waals surface area (Å²) in [4.78, 5) is 15.2. The number of ether oxygens (including phenoxy) is 1. The predicted molar refractivity (Wildman–Crippen MR) is 101 cm³/mol. The minimum atomic E-state index is -0.156. The summed E-state index contributed by atoms with van der Waals surface area (Å²) in [6.07, 6.45) is 2.18. The molecule has 1 aromatic carbocycles. The largest absolute Gasteiger partial charge is 0.469 e. The third-order valence-electron chi connectivity index (χ3n) is 3.26. The van der Waals surface area contributed by atoms with E-state index in [4.69, 9.17) is 0 Å². The van der Waals surface area contributed by atoms with Crippen LogP contribution in [0.3, 0.4) is 0 Å². The van der Waals surface area contributed by atoms with Crippen molar-refractivity contribution in [1.82, 2.24) is 10.6 Å². The second-order valence-electron chi connectivity index (χ2n) is 4.81. The Hall–Kier alpha value is -1.31. The molecule has 0 unspecified atom stereocenters. The molecule has 0 aliphatic rings. The van der Waals surface area contributed by atoms with Crippen molar-refractivity contribution in [2.24, 2.45) is 4.99 Å². The zero-order chi connectivity index (χ0) is 15.5. The second kappa shape index (κ2) is 12.3.